The summed E-state index contributed by atoms with van der Waals surface area (Å²) in [5, 5.41) is 2.15. The van der Waals surface area contributed by atoms with Gasteiger partial charge in [0.15, 0.2) is 24.6 Å². The lowest BCUT2D eigenvalue weighted by Crippen LogP contribution is -2.24. The van der Waals surface area contributed by atoms with Gasteiger partial charge in [-0.25, -0.2) is 23.7 Å². The van der Waals surface area contributed by atoms with Crippen molar-refractivity contribution in [3.63, 3.8) is 0 Å². The van der Waals surface area contributed by atoms with E-state index in [2.05, 4.69) is 15.0 Å². The Hall–Kier alpha value is -4.80. The fraction of sp³-hybridized carbons (Fsp3) is 0. The Labute approximate surface area is 230 Å². The second-order valence-electron chi connectivity index (χ2n) is 9.15. The average molecular weight is 546 g/mol. The van der Waals surface area contributed by atoms with Gasteiger partial charge < -0.3 is 4.57 Å². The molecule has 0 saturated heterocycles. The van der Waals surface area contributed by atoms with Gasteiger partial charge in [-0.15, -0.1) is 0 Å². The van der Waals surface area contributed by atoms with Crippen molar-refractivity contribution in [1.82, 2.24) is 15.0 Å². The number of benzene rings is 5. The summed E-state index contributed by atoms with van der Waals surface area (Å²) in [4.78, 5) is 13.8. The van der Waals surface area contributed by atoms with E-state index in [1.54, 1.807) is 24.3 Å². The van der Waals surface area contributed by atoms with Gasteiger partial charge in [0.2, 0.25) is 0 Å². The number of nitrogens with zero attached hydrogens (tertiary/aromatic N) is 3. The zero-order valence-corrected chi connectivity index (χ0v) is 22.0. The molecule has 6 aromatic rings. The Morgan fingerprint density at radius 3 is 1.38 bits per heavy atom. The predicted octanol–water partition coefficient (Wildman–Crippen LogP) is 6.79. The molecule has 0 fully saturated rings. The molecule has 1 heterocycles. The molecule has 0 unspecified atom stereocenters. The maximum absolute atomic E-state index is 14.7. The van der Waals surface area contributed by atoms with Crippen LogP contribution >= 0.6 is 7.14 Å². The summed E-state index contributed by atoms with van der Waals surface area (Å²) in [6.45, 7) is 0. The third kappa shape index (κ3) is 4.97. The van der Waals surface area contributed by atoms with Gasteiger partial charge in [0, 0.05) is 32.6 Å². The second kappa shape index (κ2) is 10.8. The number of rotatable bonds is 6. The summed E-state index contributed by atoms with van der Waals surface area (Å²) in [6, 6.07) is 38.0. The van der Waals surface area contributed by atoms with Gasteiger partial charge >= 0.3 is 0 Å². The molecular formula is C33H22F2N3OP. The van der Waals surface area contributed by atoms with Crippen LogP contribution in [-0.2, 0) is 4.57 Å². The van der Waals surface area contributed by atoms with E-state index >= 15 is 0 Å². The lowest BCUT2D eigenvalue weighted by molar-refractivity contribution is 0.592. The summed E-state index contributed by atoms with van der Waals surface area (Å²) in [5.74, 6) is 0.180. The highest BCUT2D eigenvalue weighted by Crippen LogP contribution is 2.42. The zero-order valence-electron chi connectivity index (χ0n) is 21.2. The van der Waals surface area contributed by atoms with Crippen LogP contribution in [0.15, 0.2) is 133 Å². The molecule has 7 heteroatoms. The Bertz CT molecular complexity index is 1790. The van der Waals surface area contributed by atoms with Crippen LogP contribution < -0.4 is 15.9 Å². The summed E-state index contributed by atoms with van der Waals surface area (Å²) in [6.07, 6.45) is 0. The molecule has 0 bridgehead atoms. The Balaban J connectivity index is 1.47. The summed E-state index contributed by atoms with van der Waals surface area (Å²) >= 11 is 0. The minimum Gasteiger partial charge on any atom is -0.309 e. The molecular weight excluding hydrogens is 523 g/mol. The molecule has 0 saturated carbocycles. The van der Waals surface area contributed by atoms with Crippen LogP contribution in [0.1, 0.15) is 0 Å². The SMILES string of the molecule is O=P(c1ccccc1)(c1ccccc1)c1ccc(-c2nc(-c3ccc(F)cc3)nc(-c3cccc(F)c3)n2)cc1. The minimum absolute atomic E-state index is 0.284. The van der Waals surface area contributed by atoms with Crippen LogP contribution in [0.2, 0.25) is 0 Å². The normalized spacial score (nSPS) is 11.3. The second-order valence-corrected chi connectivity index (χ2v) is 11.9. The third-order valence-corrected chi connectivity index (χ3v) is 9.63. The predicted molar refractivity (Wildman–Crippen MR) is 155 cm³/mol. The lowest BCUT2D eigenvalue weighted by Gasteiger charge is -2.20. The zero-order chi connectivity index (χ0) is 27.5. The summed E-state index contributed by atoms with van der Waals surface area (Å²) in [7, 11) is -3.14. The Morgan fingerprint density at radius 2 is 0.875 bits per heavy atom. The molecule has 1 aromatic heterocycles. The molecule has 4 nitrogen and oxygen atoms in total. The van der Waals surface area contributed by atoms with E-state index < -0.39 is 13.0 Å². The largest absolute Gasteiger partial charge is 0.309 e. The molecule has 6 rings (SSSR count). The number of halogens is 2. The van der Waals surface area contributed by atoms with Gasteiger partial charge in [0.05, 0.1) is 0 Å². The summed E-state index contributed by atoms with van der Waals surface area (Å²) < 4.78 is 42.3. The molecule has 0 radical (unpaired) electrons. The quantitative estimate of drug-likeness (QED) is 0.216. The van der Waals surface area contributed by atoms with Crippen LogP contribution in [0.25, 0.3) is 34.2 Å². The molecule has 0 amide bonds. The summed E-state index contributed by atoms with van der Waals surface area (Å²) in [5.41, 5.74) is 1.75. The van der Waals surface area contributed by atoms with Crippen molar-refractivity contribution in [2.45, 2.75) is 0 Å². The van der Waals surface area contributed by atoms with E-state index in [1.807, 2.05) is 84.9 Å². The van der Waals surface area contributed by atoms with Crippen molar-refractivity contribution < 1.29 is 13.3 Å². The van der Waals surface area contributed by atoms with Crippen LogP contribution in [-0.4, -0.2) is 15.0 Å². The molecule has 0 spiro atoms. The third-order valence-electron chi connectivity index (χ3n) is 6.55. The van der Waals surface area contributed by atoms with Crippen molar-refractivity contribution >= 4 is 23.1 Å². The maximum Gasteiger partial charge on any atom is 0.171 e. The van der Waals surface area contributed by atoms with E-state index in [1.165, 1.54) is 24.3 Å². The van der Waals surface area contributed by atoms with E-state index in [9.17, 15) is 13.3 Å². The molecule has 5 aromatic carbocycles. The van der Waals surface area contributed by atoms with Crippen molar-refractivity contribution in [3.8, 4) is 34.2 Å². The highest BCUT2D eigenvalue weighted by Gasteiger charge is 2.29. The highest BCUT2D eigenvalue weighted by atomic mass is 31.2. The van der Waals surface area contributed by atoms with Crippen molar-refractivity contribution in [1.29, 1.82) is 0 Å². The molecule has 0 N–H and O–H groups in total. The Morgan fingerprint density at radius 1 is 0.425 bits per heavy atom. The maximum atomic E-state index is 14.7. The standard InChI is InChI=1S/C33H22F2N3OP/c34-26-18-14-23(15-19-26)31-36-32(38-33(37-31)25-8-7-9-27(35)22-25)24-16-20-30(21-17-24)40(39,28-10-3-1-4-11-28)29-12-5-2-6-13-29/h1-22H. The molecule has 0 aliphatic carbocycles. The van der Waals surface area contributed by atoms with E-state index in [-0.39, 0.29) is 11.6 Å². The van der Waals surface area contributed by atoms with Gasteiger partial charge in [-0.3, -0.25) is 0 Å². The van der Waals surface area contributed by atoms with Gasteiger partial charge in [-0.1, -0.05) is 97.1 Å². The van der Waals surface area contributed by atoms with Gasteiger partial charge in [-0.2, -0.15) is 0 Å². The first-order valence-electron chi connectivity index (χ1n) is 12.6. The van der Waals surface area contributed by atoms with E-state index in [0.717, 1.165) is 10.6 Å². The Kier molecular flexibility index (Phi) is 6.85. The number of hydrogen-bond acceptors (Lipinski definition) is 4. The number of hydrogen-bond donors (Lipinski definition) is 0. The molecule has 40 heavy (non-hydrogen) atoms. The molecule has 0 aliphatic heterocycles. The average Bonchev–Trinajstić information content (AvgIpc) is 3.02. The fourth-order valence-corrected chi connectivity index (χ4v) is 7.18. The molecule has 0 atom stereocenters. The van der Waals surface area contributed by atoms with Crippen LogP contribution in [0.5, 0.6) is 0 Å². The highest BCUT2D eigenvalue weighted by molar-refractivity contribution is 7.85. The van der Waals surface area contributed by atoms with Crippen LogP contribution in [0.4, 0.5) is 8.78 Å². The smallest absolute Gasteiger partial charge is 0.171 e. The van der Waals surface area contributed by atoms with Crippen LogP contribution in [0, 0.1) is 11.6 Å². The first-order chi connectivity index (χ1) is 19.5. The van der Waals surface area contributed by atoms with Gasteiger partial charge in [0.25, 0.3) is 0 Å². The van der Waals surface area contributed by atoms with Gasteiger partial charge in [-0.05, 0) is 36.4 Å². The van der Waals surface area contributed by atoms with Gasteiger partial charge in [0.1, 0.15) is 11.6 Å². The molecule has 194 valence electrons. The van der Waals surface area contributed by atoms with E-state index in [4.69, 9.17) is 0 Å². The van der Waals surface area contributed by atoms with E-state index in [0.29, 0.717) is 33.6 Å². The fourth-order valence-electron chi connectivity index (χ4n) is 4.53. The monoisotopic (exact) mass is 545 g/mol. The minimum atomic E-state index is -3.14. The first kappa shape index (κ1) is 25.5. The molecule has 0 aliphatic rings. The van der Waals surface area contributed by atoms with Crippen LogP contribution in [0.3, 0.4) is 0 Å². The number of aromatic nitrogens is 3. The van der Waals surface area contributed by atoms with Crippen molar-refractivity contribution in [3.05, 3.63) is 145 Å². The van der Waals surface area contributed by atoms with Crippen molar-refractivity contribution in [2.24, 2.45) is 0 Å². The van der Waals surface area contributed by atoms with Crippen molar-refractivity contribution in [2.75, 3.05) is 0 Å². The topological polar surface area (TPSA) is 55.7 Å². The first-order valence-corrected chi connectivity index (χ1v) is 14.3. The lowest BCUT2D eigenvalue weighted by atomic mass is 10.1.